The number of amides is 1. The fraction of sp³-hybridized carbons (Fsp3) is 0.839. The summed E-state index contributed by atoms with van der Waals surface area (Å²) in [5.74, 6) is -1.20. The number of hydrogen-bond acceptors (Lipinski definition) is 10. The standard InChI is InChI=1S/C62H113NO10/c1-4-7-10-13-16-19-22-24-25-26-27-28-29-30-32-35-37-40-43-46-49-55(66)61(70)63-53(54(65)48-45-42-39-36-34-31-23-20-17-14-11-8-5-2)52-71-62-60(59(69)58(68)56(51-64)72-62)73-57(67)50-47-44-41-38-33-21-18-15-12-9-6-3/h16,19,24-25,27-28,45,48,53-56,58-60,62,64-66,68-69H,4-15,17-18,20-23,26,29-44,46-47,49-52H2,1-3H3,(H,63,70)/b19-16-,25-24-,28-27-,48-45+. The summed E-state index contributed by atoms with van der Waals surface area (Å²) in [6, 6.07) is -1.03. The summed E-state index contributed by atoms with van der Waals surface area (Å²) < 4.78 is 17.6. The van der Waals surface area contributed by atoms with Gasteiger partial charge in [0.2, 0.25) is 5.91 Å². The van der Waals surface area contributed by atoms with Gasteiger partial charge in [-0.15, -0.1) is 0 Å². The van der Waals surface area contributed by atoms with Crippen molar-refractivity contribution in [3.63, 3.8) is 0 Å². The molecule has 0 aromatic rings. The topological polar surface area (TPSA) is 175 Å². The van der Waals surface area contributed by atoms with Crippen molar-refractivity contribution in [3.05, 3.63) is 48.6 Å². The van der Waals surface area contributed by atoms with E-state index < -0.39 is 67.4 Å². The van der Waals surface area contributed by atoms with Gasteiger partial charge in [-0.1, -0.05) is 249 Å². The zero-order valence-electron chi connectivity index (χ0n) is 47.0. The van der Waals surface area contributed by atoms with Gasteiger partial charge in [0.25, 0.3) is 0 Å². The van der Waals surface area contributed by atoms with Crippen molar-refractivity contribution in [3.8, 4) is 0 Å². The molecule has 0 aromatic heterocycles. The smallest absolute Gasteiger partial charge is 0.306 e. The van der Waals surface area contributed by atoms with E-state index in [9.17, 15) is 35.1 Å². The Hall–Kier alpha value is -2.38. The highest BCUT2D eigenvalue weighted by atomic mass is 16.7. The largest absolute Gasteiger partial charge is 0.454 e. The fourth-order valence-corrected chi connectivity index (χ4v) is 9.36. The van der Waals surface area contributed by atoms with Crippen LogP contribution in [-0.2, 0) is 23.8 Å². The molecule has 0 radical (unpaired) electrons. The van der Waals surface area contributed by atoms with E-state index in [-0.39, 0.29) is 19.4 Å². The van der Waals surface area contributed by atoms with Crippen LogP contribution in [0.3, 0.4) is 0 Å². The van der Waals surface area contributed by atoms with Crippen LogP contribution in [-0.4, -0.2) is 99.6 Å². The van der Waals surface area contributed by atoms with Gasteiger partial charge in [-0.2, -0.15) is 0 Å². The van der Waals surface area contributed by atoms with E-state index in [0.717, 1.165) is 83.5 Å². The van der Waals surface area contributed by atoms with E-state index in [1.54, 1.807) is 6.08 Å². The molecule has 11 heteroatoms. The lowest BCUT2D eigenvalue weighted by atomic mass is 9.99. The molecule has 8 atom stereocenters. The SMILES string of the molecule is CCCCC/C=C\C/C=C\C/C=C\CCCCCCCCCC(O)C(=O)NC(COC1OC(CO)C(O)C(O)C1OC(=O)CCCCCCCCCCCCC)C(O)/C=C/CCCCCCCCCCCCC. The van der Waals surface area contributed by atoms with E-state index in [4.69, 9.17) is 14.2 Å². The fourth-order valence-electron chi connectivity index (χ4n) is 9.36. The minimum atomic E-state index is -1.61. The van der Waals surface area contributed by atoms with E-state index in [2.05, 4.69) is 62.5 Å². The van der Waals surface area contributed by atoms with Crippen molar-refractivity contribution in [2.75, 3.05) is 13.2 Å². The Morgan fingerprint density at radius 1 is 0.534 bits per heavy atom. The maximum Gasteiger partial charge on any atom is 0.306 e. The minimum Gasteiger partial charge on any atom is -0.454 e. The summed E-state index contributed by atoms with van der Waals surface area (Å²) in [6.45, 7) is 5.75. The van der Waals surface area contributed by atoms with Gasteiger partial charge in [0.1, 0.15) is 24.4 Å². The third kappa shape index (κ3) is 38.8. The Morgan fingerprint density at radius 3 is 1.44 bits per heavy atom. The first-order chi connectivity index (χ1) is 35.7. The molecule has 1 rings (SSSR count). The third-order valence-corrected chi connectivity index (χ3v) is 14.2. The number of allylic oxidation sites excluding steroid dienone is 7. The van der Waals surface area contributed by atoms with E-state index in [0.29, 0.717) is 12.8 Å². The van der Waals surface area contributed by atoms with Crippen LogP contribution < -0.4 is 5.32 Å². The molecular weight excluding hydrogens is 919 g/mol. The van der Waals surface area contributed by atoms with Crippen LogP contribution in [0, 0.1) is 0 Å². The number of esters is 1. The molecule has 8 unspecified atom stereocenters. The number of hydrogen-bond donors (Lipinski definition) is 6. The predicted octanol–water partition coefficient (Wildman–Crippen LogP) is 14.1. The molecule has 6 N–H and O–H groups in total. The molecule has 426 valence electrons. The van der Waals surface area contributed by atoms with Gasteiger partial charge in [0.15, 0.2) is 12.4 Å². The molecule has 0 spiro atoms. The second-order valence-electron chi connectivity index (χ2n) is 21.1. The van der Waals surface area contributed by atoms with Gasteiger partial charge in [0, 0.05) is 6.42 Å². The zero-order chi connectivity index (χ0) is 53.3. The summed E-state index contributed by atoms with van der Waals surface area (Å²) in [6.07, 6.45) is 50.1. The number of carbonyl (C=O) groups is 2. The van der Waals surface area contributed by atoms with Crippen LogP contribution in [0.1, 0.15) is 271 Å². The monoisotopic (exact) mass is 1030 g/mol. The summed E-state index contributed by atoms with van der Waals surface area (Å²) >= 11 is 0. The summed E-state index contributed by atoms with van der Waals surface area (Å²) in [4.78, 5) is 26.5. The molecule has 1 aliphatic rings. The molecule has 0 bridgehead atoms. The Bertz CT molecular complexity index is 1370. The Labute approximate surface area is 446 Å². The first-order valence-electron chi connectivity index (χ1n) is 30.4. The van der Waals surface area contributed by atoms with Crippen LogP contribution in [0.25, 0.3) is 0 Å². The average molecular weight is 1030 g/mol. The molecule has 1 saturated heterocycles. The third-order valence-electron chi connectivity index (χ3n) is 14.2. The van der Waals surface area contributed by atoms with Crippen molar-refractivity contribution < 1.29 is 49.3 Å². The quantitative estimate of drug-likeness (QED) is 0.0195. The van der Waals surface area contributed by atoms with Crippen LogP contribution >= 0.6 is 0 Å². The maximum atomic E-state index is 13.4. The van der Waals surface area contributed by atoms with Gasteiger partial charge in [-0.05, 0) is 64.2 Å². The number of carbonyl (C=O) groups excluding carboxylic acids is 2. The van der Waals surface area contributed by atoms with Crippen LogP contribution in [0.4, 0.5) is 0 Å². The molecule has 0 aromatic carbocycles. The lowest BCUT2D eigenvalue weighted by Crippen LogP contribution is -2.61. The van der Waals surface area contributed by atoms with Gasteiger partial charge in [-0.25, -0.2) is 0 Å². The van der Waals surface area contributed by atoms with Gasteiger partial charge in [-0.3, -0.25) is 9.59 Å². The molecule has 1 fully saturated rings. The van der Waals surface area contributed by atoms with Crippen molar-refractivity contribution in [2.24, 2.45) is 0 Å². The average Bonchev–Trinajstić information content (AvgIpc) is 3.39. The van der Waals surface area contributed by atoms with Crippen molar-refractivity contribution in [1.82, 2.24) is 5.32 Å². The number of ether oxygens (including phenoxy) is 3. The Kier molecular flexibility index (Phi) is 47.4. The summed E-state index contributed by atoms with van der Waals surface area (Å²) in [7, 11) is 0. The highest BCUT2D eigenvalue weighted by molar-refractivity contribution is 5.80. The van der Waals surface area contributed by atoms with Gasteiger partial charge >= 0.3 is 5.97 Å². The van der Waals surface area contributed by atoms with Crippen molar-refractivity contribution in [1.29, 1.82) is 0 Å². The predicted molar refractivity (Wildman–Crippen MR) is 301 cm³/mol. The normalized spacial score (nSPS) is 19.7. The second-order valence-corrected chi connectivity index (χ2v) is 21.1. The first-order valence-corrected chi connectivity index (χ1v) is 30.4. The molecule has 1 aliphatic heterocycles. The van der Waals surface area contributed by atoms with Crippen LogP contribution in [0.2, 0.25) is 0 Å². The summed E-state index contributed by atoms with van der Waals surface area (Å²) in [5, 5.41) is 56.9. The molecule has 1 heterocycles. The van der Waals surface area contributed by atoms with Crippen molar-refractivity contribution in [2.45, 2.75) is 320 Å². The number of aliphatic hydroxyl groups is 5. The van der Waals surface area contributed by atoms with E-state index >= 15 is 0 Å². The molecular formula is C62H113NO10. The lowest BCUT2D eigenvalue weighted by molar-refractivity contribution is -0.305. The van der Waals surface area contributed by atoms with Gasteiger partial charge in [0.05, 0.1) is 25.4 Å². The number of rotatable bonds is 51. The highest BCUT2D eigenvalue weighted by Gasteiger charge is 2.47. The second kappa shape index (κ2) is 50.4. The zero-order valence-corrected chi connectivity index (χ0v) is 47.0. The minimum absolute atomic E-state index is 0.125. The lowest BCUT2D eigenvalue weighted by Gasteiger charge is -2.41. The van der Waals surface area contributed by atoms with E-state index in [1.807, 2.05) is 6.08 Å². The molecule has 0 aliphatic carbocycles. The van der Waals surface area contributed by atoms with Crippen LogP contribution in [0.5, 0.6) is 0 Å². The number of aliphatic hydroxyl groups excluding tert-OH is 5. The highest BCUT2D eigenvalue weighted by Crippen LogP contribution is 2.26. The Morgan fingerprint density at radius 2 is 0.945 bits per heavy atom. The van der Waals surface area contributed by atoms with Crippen LogP contribution in [0.15, 0.2) is 48.6 Å². The van der Waals surface area contributed by atoms with Gasteiger partial charge < -0.3 is 45.1 Å². The van der Waals surface area contributed by atoms with E-state index in [1.165, 1.54) is 141 Å². The number of nitrogens with one attached hydrogen (secondary N) is 1. The maximum absolute atomic E-state index is 13.4. The molecule has 73 heavy (non-hydrogen) atoms. The molecule has 11 nitrogen and oxygen atoms in total. The molecule has 1 amide bonds. The Balaban J connectivity index is 2.69. The summed E-state index contributed by atoms with van der Waals surface area (Å²) in [5.41, 5.74) is 0. The van der Waals surface area contributed by atoms with Crippen molar-refractivity contribution >= 4 is 11.9 Å². The number of unbranched alkanes of at least 4 members (excludes halogenated alkanes) is 31. The first kappa shape index (κ1) is 68.6. The molecule has 0 saturated carbocycles.